The molecule has 0 aliphatic rings. The van der Waals surface area contributed by atoms with Crippen LogP contribution in [0.1, 0.15) is 24.5 Å². The van der Waals surface area contributed by atoms with E-state index in [1.165, 1.54) is 11.1 Å². The van der Waals surface area contributed by atoms with Gasteiger partial charge in [0.25, 0.3) is 0 Å². The maximum atomic E-state index is 4.19. The van der Waals surface area contributed by atoms with Crippen LogP contribution in [0.15, 0.2) is 54.9 Å². The first-order valence-electron chi connectivity index (χ1n) is 7.04. The summed E-state index contributed by atoms with van der Waals surface area (Å²) in [5.74, 6) is 0. The maximum Gasteiger partial charge on any atom is 0.0300 e. The molecule has 2 nitrogen and oxygen atoms in total. The Kier molecular flexibility index (Phi) is 5.57. The molecule has 2 aromatic rings. The number of benzene rings is 1. The van der Waals surface area contributed by atoms with Crippen molar-refractivity contribution >= 4 is 0 Å². The molecule has 0 radical (unpaired) electrons. The average molecular weight is 254 g/mol. The van der Waals surface area contributed by atoms with E-state index in [2.05, 4.69) is 53.6 Å². The summed E-state index contributed by atoms with van der Waals surface area (Å²) in [7, 11) is 0. The van der Waals surface area contributed by atoms with Gasteiger partial charge in [0.05, 0.1) is 0 Å². The molecule has 100 valence electrons. The molecular formula is C17H22N2. The zero-order valence-electron chi connectivity index (χ0n) is 11.5. The molecule has 1 aromatic heterocycles. The molecule has 1 aromatic carbocycles. The van der Waals surface area contributed by atoms with Crippen LogP contribution < -0.4 is 5.32 Å². The van der Waals surface area contributed by atoms with Crippen LogP contribution in [0.5, 0.6) is 0 Å². The van der Waals surface area contributed by atoms with Crippen molar-refractivity contribution < 1.29 is 0 Å². The third kappa shape index (κ3) is 4.84. The minimum atomic E-state index is 0.523. The molecule has 1 heterocycles. The number of hydrogen-bond acceptors (Lipinski definition) is 2. The predicted molar refractivity (Wildman–Crippen MR) is 80.2 cm³/mol. The monoisotopic (exact) mass is 254 g/mol. The highest BCUT2D eigenvalue weighted by atomic mass is 14.9. The molecular weight excluding hydrogens is 232 g/mol. The van der Waals surface area contributed by atoms with E-state index < -0.39 is 0 Å². The third-order valence-corrected chi connectivity index (χ3v) is 3.32. The summed E-state index contributed by atoms with van der Waals surface area (Å²) in [4.78, 5) is 4.19. The predicted octanol–water partition coefficient (Wildman–Crippen LogP) is 3.24. The number of hydrogen-bond donors (Lipinski definition) is 1. The van der Waals surface area contributed by atoms with Gasteiger partial charge in [-0.05, 0) is 43.0 Å². The maximum absolute atomic E-state index is 4.19. The van der Waals surface area contributed by atoms with E-state index in [4.69, 9.17) is 0 Å². The number of pyridine rings is 1. The summed E-state index contributed by atoms with van der Waals surface area (Å²) in [6.45, 7) is 3.18. The van der Waals surface area contributed by atoms with Gasteiger partial charge in [-0.15, -0.1) is 0 Å². The van der Waals surface area contributed by atoms with Crippen LogP contribution >= 0.6 is 0 Å². The molecule has 0 spiro atoms. The van der Waals surface area contributed by atoms with E-state index in [9.17, 15) is 0 Å². The van der Waals surface area contributed by atoms with Crippen molar-refractivity contribution in [1.29, 1.82) is 0 Å². The van der Waals surface area contributed by atoms with Gasteiger partial charge in [0.1, 0.15) is 0 Å². The van der Waals surface area contributed by atoms with Crippen LogP contribution in [0.3, 0.4) is 0 Å². The summed E-state index contributed by atoms with van der Waals surface area (Å²) in [6, 6.07) is 15.4. The Morgan fingerprint density at radius 3 is 2.53 bits per heavy atom. The average Bonchev–Trinajstić information content (AvgIpc) is 2.47. The molecule has 0 aliphatic heterocycles. The molecule has 1 N–H and O–H groups in total. The van der Waals surface area contributed by atoms with E-state index in [0.29, 0.717) is 6.04 Å². The molecule has 2 rings (SSSR count). The second-order valence-corrected chi connectivity index (χ2v) is 4.84. The summed E-state index contributed by atoms with van der Waals surface area (Å²) >= 11 is 0. The highest BCUT2D eigenvalue weighted by Gasteiger charge is 2.08. The molecule has 0 amide bonds. The molecule has 1 atom stereocenters. The third-order valence-electron chi connectivity index (χ3n) is 3.32. The molecule has 0 bridgehead atoms. The molecule has 2 heteroatoms. The topological polar surface area (TPSA) is 24.9 Å². The van der Waals surface area contributed by atoms with Crippen molar-refractivity contribution in [3.63, 3.8) is 0 Å². The van der Waals surface area contributed by atoms with E-state index in [1.54, 1.807) is 0 Å². The van der Waals surface area contributed by atoms with Crippen LogP contribution in [-0.4, -0.2) is 17.6 Å². The number of aryl methyl sites for hydroxylation is 1. The van der Waals surface area contributed by atoms with Crippen molar-refractivity contribution in [2.45, 2.75) is 32.2 Å². The van der Waals surface area contributed by atoms with E-state index in [0.717, 1.165) is 25.8 Å². The van der Waals surface area contributed by atoms with Gasteiger partial charge in [0.2, 0.25) is 0 Å². The quantitative estimate of drug-likeness (QED) is 0.820. The number of likely N-dealkylation sites (N-methyl/N-ethyl adjacent to an activating group) is 1. The first kappa shape index (κ1) is 13.8. The van der Waals surface area contributed by atoms with Crippen molar-refractivity contribution in [2.75, 3.05) is 6.54 Å². The van der Waals surface area contributed by atoms with Crippen LogP contribution in [0.25, 0.3) is 0 Å². The standard InChI is InChI=1S/C17H22N2/c1-2-19-17(13-16-9-6-12-18-14-16)11-10-15-7-4-3-5-8-15/h3-9,12,14,17,19H,2,10-11,13H2,1H3. The molecule has 19 heavy (non-hydrogen) atoms. The lowest BCUT2D eigenvalue weighted by atomic mass is 10.00. The molecule has 0 saturated carbocycles. The second-order valence-electron chi connectivity index (χ2n) is 4.84. The van der Waals surface area contributed by atoms with E-state index >= 15 is 0 Å². The van der Waals surface area contributed by atoms with Crippen molar-refractivity contribution in [3.8, 4) is 0 Å². The van der Waals surface area contributed by atoms with Crippen molar-refractivity contribution in [3.05, 3.63) is 66.0 Å². The van der Waals surface area contributed by atoms with E-state index in [-0.39, 0.29) is 0 Å². The van der Waals surface area contributed by atoms with Crippen LogP contribution in [0.2, 0.25) is 0 Å². The summed E-state index contributed by atoms with van der Waals surface area (Å²) in [5, 5.41) is 3.57. The zero-order chi connectivity index (χ0) is 13.3. The summed E-state index contributed by atoms with van der Waals surface area (Å²) < 4.78 is 0. The fraction of sp³-hybridized carbons (Fsp3) is 0.353. The molecule has 0 saturated heterocycles. The lowest BCUT2D eigenvalue weighted by Gasteiger charge is -2.17. The van der Waals surface area contributed by atoms with Crippen molar-refractivity contribution in [1.82, 2.24) is 10.3 Å². The van der Waals surface area contributed by atoms with Gasteiger partial charge in [-0.1, -0.05) is 43.3 Å². The molecule has 0 aliphatic carbocycles. The van der Waals surface area contributed by atoms with Crippen LogP contribution in [0.4, 0.5) is 0 Å². The minimum absolute atomic E-state index is 0.523. The van der Waals surface area contributed by atoms with Crippen LogP contribution in [0, 0.1) is 0 Å². The minimum Gasteiger partial charge on any atom is -0.314 e. The fourth-order valence-corrected chi connectivity index (χ4v) is 2.35. The van der Waals surface area contributed by atoms with Gasteiger partial charge >= 0.3 is 0 Å². The number of aromatic nitrogens is 1. The molecule has 0 fully saturated rings. The lowest BCUT2D eigenvalue weighted by molar-refractivity contribution is 0.490. The Morgan fingerprint density at radius 1 is 1.05 bits per heavy atom. The second kappa shape index (κ2) is 7.70. The largest absolute Gasteiger partial charge is 0.314 e. The SMILES string of the molecule is CCNC(CCc1ccccc1)Cc1cccnc1. The Bertz CT molecular complexity index is 453. The lowest BCUT2D eigenvalue weighted by Crippen LogP contribution is -2.31. The number of rotatable bonds is 7. The normalized spacial score (nSPS) is 12.3. The van der Waals surface area contributed by atoms with Gasteiger partial charge < -0.3 is 5.32 Å². The van der Waals surface area contributed by atoms with Gasteiger partial charge in [-0.2, -0.15) is 0 Å². The van der Waals surface area contributed by atoms with Gasteiger partial charge in [0, 0.05) is 18.4 Å². The first-order chi connectivity index (χ1) is 9.38. The van der Waals surface area contributed by atoms with Crippen LogP contribution in [-0.2, 0) is 12.8 Å². The fourth-order valence-electron chi connectivity index (χ4n) is 2.35. The molecule has 1 unspecified atom stereocenters. The van der Waals surface area contributed by atoms with Gasteiger partial charge in [-0.3, -0.25) is 4.98 Å². The smallest absolute Gasteiger partial charge is 0.0300 e. The highest BCUT2D eigenvalue weighted by molar-refractivity contribution is 5.15. The Morgan fingerprint density at radius 2 is 1.84 bits per heavy atom. The zero-order valence-corrected chi connectivity index (χ0v) is 11.5. The number of nitrogens with zero attached hydrogens (tertiary/aromatic N) is 1. The first-order valence-corrected chi connectivity index (χ1v) is 7.04. The van der Waals surface area contributed by atoms with Gasteiger partial charge in [-0.25, -0.2) is 0 Å². The Labute approximate surface area is 115 Å². The van der Waals surface area contributed by atoms with Gasteiger partial charge in [0.15, 0.2) is 0 Å². The van der Waals surface area contributed by atoms with E-state index in [1.807, 2.05) is 18.5 Å². The summed E-state index contributed by atoms with van der Waals surface area (Å²) in [6.07, 6.45) is 7.13. The van der Waals surface area contributed by atoms with Crippen molar-refractivity contribution in [2.24, 2.45) is 0 Å². The Hall–Kier alpha value is -1.67. The number of nitrogens with one attached hydrogen (secondary N) is 1. The summed E-state index contributed by atoms with van der Waals surface area (Å²) in [5.41, 5.74) is 2.72. The highest BCUT2D eigenvalue weighted by Crippen LogP contribution is 2.09. The Balaban J connectivity index is 1.89.